The minimum atomic E-state index is -0.372. The number of benzene rings is 1. The van der Waals surface area contributed by atoms with E-state index in [1.54, 1.807) is 0 Å². The maximum atomic E-state index is 10.5. The van der Waals surface area contributed by atoms with Gasteiger partial charge in [0.05, 0.1) is 6.10 Å². The maximum absolute atomic E-state index is 10.5. The average molecular weight is 363 g/mol. The number of hydrogen-bond donors (Lipinski definition) is 2. The smallest absolute Gasteiger partial charge is 0.0830 e. The zero-order chi connectivity index (χ0) is 12.4. The molecule has 4 heteroatoms. The first-order valence-corrected chi connectivity index (χ1v) is 7.52. The van der Waals surface area contributed by atoms with Crippen LogP contribution in [0.15, 0.2) is 21.1 Å². The van der Waals surface area contributed by atoms with Gasteiger partial charge in [-0.05, 0) is 62.0 Å². The average Bonchev–Trinajstić information content (AvgIpc) is 2.34. The summed E-state index contributed by atoms with van der Waals surface area (Å²) in [6, 6.07) is 4.09. The Labute approximate surface area is 119 Å². The zero-order valence-corrected chi connectivity index (χ0v) is 13.0. The third-order valence-corrected chi connectivity index (χ3v) is 4.97. The highest BCUT2D eigenvalue weighted by atomic mass is 79.9. The summed E-state index contributed by atoms with van der Waals surface area (Å²) >= 11 is 7.08. The third-order valence-electron chi connectivity index (χ3n) is 3.43. The van der Waals surface area contributed by atoms with Gasteiger partial charge in [-0.2, -0.15) is 0 Å². The standard InChI is InChI=1S/C13H17Br2NO/c1-8-6-12(15)10(7-11(8)14)13(17)9-2-4-16-5-3-9/h6-7,9,13,16-17H,2-5H2,1H3. The Morgan fingerprint density at radius 2 is 1.88 bits per heavy atom. The largest absolute Gasteiger partial charge is 0.388 e. The van der Waals surface area contributed by atoms with Gasteiger partial charge in [-0.1, -0.05) is 31.9 Å². The maximum Gasteiger partial charge on any atom is 0.0830 e. The molecule has 2 nitrogen and oxygen atoms in total. The van der Waals surface area contributed by atoms with E-state index in [1.807, 2.05) is 6.07 Å². The van der Waals surface area contributed by atoms with Crippen molar-refractivity contribution in [2.24, 2.45) is 5.92 Å². The topological polar surface area (TPSA) is 32.3 Å². The fourth-order valence-electron chi connectivity index (χ4n) is 2.30. The number of rotatable bonds is 2. The van der Waals surface area contributed by atoms with E-state index in [1.165, 1.54) is 5.56 Å². The van der Waals surface area contributed by atoms with Crippen molar-refractivity contribution in [1.82, 2.24) is 5.32 Å². The zero-order valence-electron chi connectivity index (χ0n) is 9.84. The molecule has 94 valence electrons. The number of aliphatic hydroxyl groups is 1. The lowest BCUT2D eigenvalue weighted by atomic mass is 9.88. The molecule has 1 aliphatic heterocycles. The molecule has 1 saturated heterocycles. The normalized spacial score (nSPS) is 19.3. The molecule has 0 bridgehead atoms. The van der Waals surface area contributed by atoms with Crippen molar-refractivity contribution in [2.45, 2.75) is 25.9 Å². The Hall–Kier alpha value is 0.1000. The fraction of sp³-hybridized carbons (Fsp3) is 0.538. The molecule has 2 N–H and O–H groups in total. The summed E-state index contributed by atoms with van der Waals surface area (Å²) in [5, 5.41) is 13.8. The fourth-order valence-corrected chi connectivity index (χ4v) is 3.36. The van der Waals surface area contributed by atoms with Gasteiger partial charge < -0.3 is 10.4 Å². The van der Waals surface area contributed by atoms with Crippen LogP contribution >= 0.6 is 31.9 Å². The Kier molecular flexibility index (Phi) is 4.64. The molecule has 17 heavy (non-hydrogen) atoms. The summed E-state index contributed by atoms with van der Waals surface area (Å²) in [4.78, 5) is 0. The van der Waals surface area contributed by atoms with Crippen LogP contribution in [0.1, 0.15) is 30.1 Å². The molecule has 1 aromatic carbocycles. The van der Waals surface area contributed by atoms with E-state index < -0.39 is 0 Å². The van der Waals surface area contributed by atoms with Crippen molar-refractivity contribution in [3.63, 3.8) is 0 Å². The lowest BCUT2D eigenvalue weighted by molar-refractivity contribution is 0.0883. The van der Waals surface area contributed by atoms with Crippen molar-refractivity contribution in [3.05, 3.63) is 32.2 Å². The summed E-state index contributed by atoms with van der Waals surface area (Å²) < 4.78 is 2.06. The van der Waals surface area contributed by atoms with Crippen molar-refractivity contribution in [3.8, 4) is 0 Å². The van der Waals surface area contributed by atoms with Crippen LogP contribution in [0.5, 0.6) is 0 Å². The van der Waals surface area contributed by atoms with Gasteiger partial charge in [0.2, 0.25) is 0 Å². The van der Waals surface area contributed by atoms with Gasteiger partial charge in [-0.15, -0.1) is 0 Å². The highest BCUT2D eigenvalue weighted by molar-refractivity contribution is 9.11. The quantitative estimate of drug-likeness (QED) is 0.843. The minimum absolute atomic E-state index is 0.363. The summed E-state index contributed by atoms with van der Waals surface area (Å²) in [5.41, 5.74) is 2.17. The highest BCUT2D eigenvalue weighted by Gasteiger charge is 2.24. The SMILES string of the molecule is Cc1cc(Br)c(C(O)C2CCNCC2)cc1Br. The van der Waals surface area contributed by atoms with Crippen LogP contribution in [0.25, 0.3) is 0 Å². The molecular weight excluding hydrogens is 346 g/mol. The Morgan fingerprint density at radius 3 is 2.53 bits per heavy atom. The van der Waals surface area contributed by atoms with Gasteiger partial charge in [0.1, 0.15) is 0 Å². The van der Waals surface area contributed by atoms with Crippen LogP contribution in [-0.4, -0.2) is 18.2 Å². The Bertz CT molecular complexity index is 403. The van der Waals surface area contributed by atoms with E-state index in [2.05, 4.69) is 50.2 Å². The molecule has 0 aliphatic carbocycles. The summed E-state index contributed by atoms with van der Waals surface area (Å²) in [5.74, 6) is 0.363. The summed E-state index contributed by atoms with van der Waals surface area (Å²) in [7, 11) is 0. The van der Waals surface area contributed by atoms with Crippen LogP contribution in [0.4, 0.5) is 0 Å². The van der Waals surface area contributed by atoms with Crippen molar-refractivity contribution in [1.29, 1.82) is 0 Å². The van der Waals surface area contributed by atoms with Gasteiger partial charge in [0.25, 0.3) is 0 Å². The molecule has 1 heterocycles. The van der Waals surface area contributed by atoms with Gasteiger partial charge in [-0.3, -0.25) is 0 Å². The molecule has 1 fully saturated rings. The van der Waals surface area contributed by atoms with Gasteiger partial charge in [0, 0.05) is 8.95 Å². The van der Waals surface area contributed by atoms with Crippen molar-refractivity contribution < 1.29 is 5.11 Å². The van der Waals surface area contributed by atoms with Crippen LogP contribution in [-0.2, 0) is 0 Å². The monoisotopic (exact) mass is 361 g/mol. The Balaban J connectivity index is 2.23. The van der Waals surface area contributed by atoms with E-state index in [9.17, 15) is 5.11 Å². The van der Waals surface area contributed by atoms with E-state index >= 15 is 0 Å². The van der Waals surface area contributed by atoms with E-state index in [4.69, 9.17) is 0 Å². The third kappa shape index (κ3) is 3.11. The minimum Gasteiger partial charge on any atom is -0.388 e. The van der Waals surface area contributed by atoms with Gasteiger partial charge >= 0.3 is 0 Å². The first-order valence-electron chi connectivity index (χ1n) is 5.94. The first kappa shape index (κ1) is 13.5. The molecule has 0 amide bonds. The molecule has 0 saturated carbocycles. The number of hydrogen-bond acceptors (Lipinski definition) is 2. The lowest BCUT2D eigenvalue weighted by Gasteiger charge is -2.28. The van der Waals surface area contributed by atoms with E-state index in [-0.39, 0.29) is 6.10 Å². The Morgan fingerprint density at radius 1 is 1.24 bits per heavy atom. The summed E-state index contributed by atoms with van der Waals surface area (Å²) in [6.07, 6.45) is 1.71. The predicted octanol–water partition coefficient (Wildman–Crippen LogP) is 3.55. The molecule has 0 spiro atoms. The second kappa shape index (κ2) is 5.83. The predicted molar refractivity (Wildman–Crippen MR) is 77.1 cm³/mol. The number of piperidine rings is 1. The molecular formula is C13H17Br2NO. The van der Waals surface area contributed by atoms with Crippen molar-refractivity contribution >= 4 is 31.9 Å². The van der Waals surface area contributed by atoms with E-state index in [0.717, 1.165) is 40.4 Å². The molecule has 1 aromatic rings. The van der Waals surface area contributed by atoms with Crippen LogP contribution in [0, 0.1) is 12.8 Å². The molecule has 2 rings (SSSR count). The second-order valence-electron chi connectivity index (χ2n) is 4.66. The second-order valence-corrected chi connectivity index (χ2v) is 6.36. The van der Waals surface area contributed by atoms with Crippen LogP contribution < -0.4 is 5.32 Å². The highest BCUT2D eigenvalue weighted by Crippen LogP contribution is 2.35. The van der Waals surface area contributed by atoms with Gasteiger partial charge in [-0.25, -0.2) is 0 Å². The molecule has 1 unspecified atom stereocenters. The molecule has 0 radical (unpaired) electrons. The van der Waals surface area contributed by atoms with Crippen molar-refractivity contribution in [2.75, 3.05) is 13.1 Å². The van der Waals surface area contributed by atoms with Crippen LogP contribution in [0.3, 0.4) is 0 Å². The lowest BCUT2D eigenvalue weighted by Crippen LogP contribution is -2.31. The van der Waals surface area contributed by atoms with Gasteiger partial charge in [0.15, 0.2) is 0 Å². The number of aliphatic hydroxyl groups excluding tert-OH is 1. The number of halogens is 2. The molecule has 1 atom stereocenters. The van der Waals surface area contributed by atoms with Crippen LogP contribution in [0.2, 0.25) is 0 Å². The number of aryl methyl sites for hydroxylation is 1. The number of nitrogens with one attached hydrogen (secondary N) is 1. The summed E-state index contributed by atoms with van der Waals surface area (Å²) in [6.45, 7) is 4.06. The molecule has 0 aromatic heterocycles. The van der Waals surface area contributed by atoms with E-state index in [0.29, 0.717) is 5.92 Å². The molecule has 1 aliphatic rings. The first-order chi connectivity index (χ1) is 8.09.